The Morgan fingerprint density at radius 3 is 1.21 bits per heavy atom. The summed E-state index contributed by atoms with van der Waals surface area (Å²) in [5, 5.41) is 24.8. The van der Waals surface area contributed by atoms with Crippen molar-refractivity contribution in [3.63, 3.8) is 0 Å². The van der Waals surface area contributed by atoms with E-state index in [9.17, 15) is 0 Å². The van der Waals surface area contributed by atoms with Gasteiger partial charge in [0.15, 0.2) is 0 Å². The molecule has 0 saturated carbocycles. The summed E-state index contributed by atoms with van der Waals surface area (Å²) in [7, 11) is 0. The summed E-state index contributed by atoms with van der Waals surface area (Å²) in [5.74, 6) is 2.20. The van der Waals surface area contributed by atoms with Crippen LogP contribution in [-0.2, 0) is 26.2 Å². The van der Waals surface area contributed by atoms with Gasteiger partial charge in [-0.1, -0.05) is 59.3 Å². The zero-order chi connectivity index (χ0) is 36.2. The van der Waals surface area contributed by atoms with Crippen LogP contribution in [0.2, 0.25) is 0 Å². The number of nitrogen functional groups attached to an aromatic ring is 8. The fourth-order valence-corrected chi connectivity index (χ4v) is 4.43. The first-order valence-corrected chi connectivity index (χ1v) is 16.7. The van der Waals surface area contributed by atoms with Crippen LogP contribution >= 0.6 is 0 Å². The van der Waals surface area contributed by atoms with Gasteiger partial charge in [0.25, 0.3) is 0 Å². The average Bonchev–Trinajstić information content (AvgIpc) is 3.73. The fourth-order valence-electron chi connectivity index (χ4n) is 4.43. The van der Waals surface area contributed by atoms with Gasteiger partial charge in [-0.3, -0.25) is 0 Å². The summed E-state index contributed by atoms with van der Waals surface area (Å²) in [4.78, 5) is 0. The van der Waals surface area contributed by atoms with Crippen LogP contribution in [0.5, 0.6) is 0 Å². The predicted octanol–water partition coefficient (Wildman–Crippen LogP) is 3.37. The zero-order valence-electron chi connectivity index (χ0n) is 29.7. The van der Waals surface area contributed by atoms with Crippen molar-refractivity contribution in [1.82, 2.24) is 39.1 Å². The SMILES string of the molecule is CCCCCCn1nc(C)c(N)c1N.CCCCCCn1ncc(N)c1N.CCCn1nc(C)c(N)c1N.Nc1cnn(CCO)c1N. The van der Waals surface area contributed by atoms with Gasteiger partial charge in [-0.05, 0) is 33.1 Å². The molecule has 0 atom stereocenters. The molecular formula is C31H62N16O. The Labute approximate surface area is 284 Å². The minimum absolute atomic E-state index is 0.0192. The Kier molecular flexibility index (Phi) is 18.8. The van der Waals surface area contributed by atoms with E-state index in [1.807, 2.05) is 13.8 Å². The number of aryl methyl sites for hydroxylation is 5. The molecule has 17 nitrogen and oxygen atoms in total. The summed E-state index contributed by atoms with van der Waals surface area (Å²) in [6.45, 7) is 13.2. The fraction of sp³-hybridized carbons (Fsp3) is 0.613. The molecule has 0 aromatic carbocycles. The number of anilines is 8. The first kappa shape index (κ1) is 41.2. The lowest BCUT2D eigenvalue weighted by Crippen LogP contribution is -2.07. The monoisotopic (exact) mass is 675 g/mol. The normalized spacial score (nSPS) is 10.5. The van der Waals surface area contributed by atoms with Crippen molar-refractivity contribution in [1.29, 1.82) is 0 Å². The summed E-state index contributed by atoms with van der Waals surface area (Å²) >= 11 is 0. The highest BCUT2D eigenvalue weighted by molar-refractivity contribution is 5.62. The lowest BCUT2D eigenvalue weighted by molar-refractivity contribution is 0.270. The molecule has 0 amide bonds. The number of aromatic nitrogens is 8. The molecule has 0 aliphatic rings. The van der Waals surface area contributed by atoms with E-state index in [2.05, 4.69) is 41.2 Å². The largest absolute Gasteiger partial charge is 0.394 e. The van der Waals surface area contributed by atoms with Gasteiger partial charge in [-0.2, -0.15) is 20.4 Å². The summed E-state index contributed by atoms with van der Waals surface area (Å²) in [5.41, 5.74) is 48.8. The van der Waals surface area contributed by atoms with E-state index < -0.39 is 0 Å². The third-order valence-electron chi connectivity index (χ3n) is 7.44. The molecule has 4 aromatic rings. The van der Waals surface area contributed by atoms with Gasteiger partial charge in [0, 0.05) is 19.6 Å². The minimum Gasteiger partial charge on any atom is -0.394 e. The summed E-state index contributed by atoms with van der Waals surface area (Å²) in [6, 6.07) is 0. The molecule has 0 fully saturated rings. The van der Waals surface area contributed by atoms with Crippen molar-refractivity contribution in [2.24, 2.45) is 0 Å². The van der Waals surface area contributed by atoms with Crippen LogP contribution in [0.25, 0.3) is 0 Å². The molecule has 17 heteroatoms. The van der Waals surface area contributed by atoms with E-state index >= 15 is 0 Å². The maximum absolute atomic E-state index is 8.50. The highest BCUT2D eigenvalue weighted by atomic mass is 16.3. The second-order valence-corrected chi connectivity index (χ2v) is 11.5. The van der Waals surface area contributed by atoms with Gasteiger partial charge >= 0.3 is 0 Å². The number of hydrogen-bond donors (Lipinski definition) is 9. The standard InChI is InChI=1S/C10H20N4.C9H18N4.C7H14N4.C5H10N4O/c1-3-4-5-6-7-14-10(12)9(11)8(2)13-14;1-2-3-4-5-6-13-9(11)8(10)7-12-13;1-3-4-11-7(9)6(8)5(2)10-11;6-4-3-8-9(1-2-10)5(4)7/h3-7,11-12H2,1-2H3;7H,2-6,10-11H2,1H3;3-4,8-9H2,1-2H3;3,10H,1-2,6-7H2. The molecule has 4 rings (SSSR count). The number of rotatable bonds is 14. The van der Waals surface area contributed by atoms with Crippen molar-refractivity contribution in [3.8, 4) is 0 Å². The number of hydrogen-bond acceptors (Lipinski definition) is 13. The number of aliphatic hydroxyl groups is 1. The smallest absolute Gasteiger partial charge is 0.145 e. The third kappa shape index (κ3) is 13.1. The Bertz CT molecular complexity index is 1450. The Balaban J connectivity index is 0.000000322. The molecule has 0 unspecified atom stereocenters. The summed E-state index contributed by atoms with van der Waals surface area (Å²) < 4.78 is 6.77. The first-order chi connectivity index (χ1) is 22.8. The van der Waals surface area contributed by atoms with Gasteiger partial charge in [0.2, 0.25) is 0 Å². The number of aliphatic hydroxyl groups excluding tert-OH is 1. The van der Waals surface area contributed by atoms with Crippen molar-refractivity contribution in [2.75, 3.05) is 52.5 Å². The van der Waals surface area contributed by atoms with E-state index in [0.29, 0.717) is 52.6 Å². The Morgan fingerprint density at radius 2 is 0.896 bits per heavy atom. The van der Waals surface area contributed by atoms with Gasteiger partial charge < -0.3 is 51.0 Å². The first-order valence-electron chi connectivity index (χ1n) is 16.7. The van der Waals surface area contributed by atoms with Crippen molar-refractivity contribution in [2.45, 2.75) is 119 Å². The number of nitrogens with zero attached hydrogens (tertiary/aromatic N) is 8. The average molecular weight is 675 g/mol. The molecule has 4 heterocycles. The highest BCUT2D eigenvalue weighted by Crippen LogP contribution is 2.19. The lowest BCUT2D eigenvalue weighted by atomic mass is 10.2. The van der Waals surface area contributed by atoms with Crippen LogP contribution in [-0.4, -0.2) is 50.8 Å². The number of unbranched alkanes of at least 4 members (excludes halogenated alkanes) is 6. The molecule has 0 radical (unpaired) electrons. The van der Waals surface area contributed by atoms with Crippen LogP contribution in [0, 0.1) is 13.8 Å². The molecular weight excluding hydrogens is 612 g/mol. The molecule has 0 aliphatic heterocycles. The molecule has 4 aromatic heterocycles. The molecule has 48 heavy (non-hydrogen) atoms. The summed E-state index contributed by atoms with van der Waals surface area (Å²) in [6.07, 6.45) is 13.8. The van der Waals surface area contributed by atoms with Crippen LogP contribution in [0.4, 0.5) is 46.0 Å². The van der Waals surface area contributed by atoms with E-state index in [1.54, 1.807) is 20.2 Å². The Morgan fingerprint density at radius 1 is 0.500 bits per heavy atom. The van der Waals surface area contributed by atoms with Crippen LogP contribution < -0.4 is 45.9 Å². The van der Waals surface area contributed by atoms with Gasteiger partial charge in [-0.25, -0.2) is 18.7 Å². The van der Waals surface area contributed by atoms with Crippen LogP contribution in [0.3, 0.4) is 0 Å². The molecule has 17 N–H and O–H groups in total. The molecule has 272 valence electrons. The zero-order valence-corrected chi connectivity index (χ0v) is 29.7. The van der Waals surface area contributed by atoms with Crippen molar-refractivity contribution < 1.29 is 5.11 Å². The quantitative estimate of drug-likeness (QED) is 0.0868. The topological polar surface area (TPSA) is 300 Å². The maximum Gasteiger partial charge on any atom is 0.145 e. The predicted molar refractivity (Wildman–Crippen MR) is 199 cm³/mol. The van der Waals surface area contributed by atoms with E-state index in [4.69, 9.17) is 51.0 Å². The molecule has 0 aliphatic carbocycles. The molecule has 0 spiro atoms. The van der Waals surface area contributed by atoms with Gasteiger partial charge in [0.1, 0.15) is 23.3 Å². The minimum atomic E-state index is 0.0192. The van der Waals surface area contributed by atoms with Crippen LogP contribution in [0.1, 0.15) is 89.9 Å². The highest BCUT2D eigenvalue weighted by Gasteiger charge is 2.08. The molecule has 0 saturated heterocycles. The van der Waals surface area contributed by atoms with E-state index in [0.717, 1.165) is 50.3 Å². The van der Waals surface area contributed by atoms with E-state index in [1.165, 1.54) is 49.4 Å². The van der Waals surface area contributed by atoms with Crippen molar-refractivity contribution in [3.05, 3.63) is 23.8 Å². The molecule has 0 bridgehead atoms. The Hall–Kier alpha value is -4.80. The van der Waals surface area contributed by atoms with Crippen LogP contribution in [0.15, 0.2) is 12.4 Å². The van der Waals surface area contributed by atoms with E-state index in [-0.39, 0.29) is 6.61 Å². The second kappa shape index (κ2) is 21.9. The van der Waals surface area contributed by atoms with Gasteiger partial charge in [0.05, 0.1) is 59.7 Å². The third-order valence-corrected chi connectivity index (χ3v) is 7.44. The maximum atomic E-state index is 8.50. The lowest BCUT2D eigenvalue weighted by Gasteiger charge is -2.03. The second-order valence-electron chi connectivity index (χ2n) is 11.5. The van der Waals surface area contributed by atoms with Crippen molar-refractivity contribution >= 4 is 46.0 Å². The van der Waals surface area contributed by atoms with Gasteiger partial charge in [-0.15, -0.1) is 0 Å². The number of nitrogens with two attached hydrogens (primary N) is 8.